The van der Waals surface area contributed by atoms with Crippen LogP contribution in [0.1, 0.15) is 57.6 Å². The lowest BCUT2D eigenvalue weighted by Gasteiger charge is -2.44. The third kappa shape index (κ3) is 4.34. The SMILES string of the molecule is CCNc1cc2c(cc1C)C1(c3cc(C)c(NCC)cc3O2)c2ccccc2C(=O)N1CCN=Cc1ccccc1. The van der Waals surface area contributed by atoms with Gasteiger partial charge in [0.1, 0.15) is 17.0 Å². The molecule has 2 aliphatic rings. The van der Waals surface area contributed by atoms with E-state index < -0.39 is 5.54 Å². The first-order valence-electron chi connectivity index (χ1n) is 14.4. The molecule has 0 atom stereocenters. The van der Waals surface area contributed by atoms with Crippen LogP contribution < -0.4 is 15.4 Å². The highest BCUT2D eigenvalue weighted by Crippen LogP contribution is 2.58. The van der Waals surface area contributed by atoms with Crippen LogP contribution in [-0.2, 0) is 5.54 Å². The largest absolute Gasteiger partial charge is 0.456 e. The Morgan fingerprint density at radius 2 is 1.39 bits per heavy atom. The smallest absolute Gasteiger partial charge is 0.255 e. The van der Waals surface area contributed by atoms with Gasteiger partial charge in [-0.25, -0.2) is 0 Å². The van der Waals surface area contributed by atoms with Gasteiger partial charge in [0.2, 0.25) is 0 Å². The Bertz CT molecular complexity index is 1580. The molecule has 0 unspecified atom stereocenters. The first-order chi connectivity index (χ1) is 20.0. The molecule has 0 aliphatic carbocycles. The summed E-state index contributed by atoms with van der Waals surface area (Å²) >= 11 is 0. The molecule has 6 heteroatoms. The first-order valence-corrected chi connectivity index (χ1v) is 14.4. The van der Waals surface area contributed by atoms with Crippen molar-refractivity contribution in [1.82, 2.24) is 4.90 Å². The van der Waals surface area contributed by atoms with E-state index in [2.05, 4.69) is 68.7 Å². The molecule has 41 heavy (non-hydrogen) atoms. The molecule has 4 aromatic carbocycles. The molecule has 4 aromatic rings. The number of carbonyl (C=O) groups is 1. The highest BCUT2D eigenvalue weighted by Gasteiger charge is 2.56. The molecule has 0 radical (unpaired) electrons. The standard InChI is InChI=1S/C35H36N4O2/c1-5-37-30-20-32-28(18-23(30)3)35(29-19-24(4)31(38-6-2)21-33(29)41-32)27-15-11-10-14-26(27)34(40)39(35)17-16-36-22-25-12-8-7-9-13-25/h7-15,18-22,37-38H,5-6,16-17H2,1-4H3. The Morgan fingerprint density at radius 1 is 0.805 bits per heavy atom. The minimum absolute atomic E-state index is 0.0103. The zero-order valence-corrected chi connectivity index (χ0v) is 24.1. The fourth-order valence-corrected chi connectivity index (χ4v) is 6.28. The van der Waals surface area contributed by atoms with Crippen LogP contribution in [0.15, 0.2) is 83.9 Å². The van der Waals surface area contributed by atoms with Crippen LogP contribution in [0.3, 0.4) is 0 Å². The van der Waals surface area contributed by atoms with Gasteiger partial charge in [0.25, 0.3) is 5.91 Å². The molecule has 0 fully saturated rings. The number of anilines is 2. The van der Waals surface area contributed by atoms with Crippen molar-refractivity contribution in [3.8, 4) is 11.5 Å². The summed E-state index contributed by atoms with van der Waals surface area (Å²) in [5.74, 6) is 1.52. The second kappa shape index (κ2) is 10.8. The first kappa shape index (κ1) is 26.6. The van der Waals surface area contributed by atoms with Crippen molar-refractivity contribution < 1.29 is 9.53 Å². The van der Waals surface area contributed by atoms with E-state index in [0.717, 1.165) is 74.9 Å². The summed E-state index contributed by atoms with van der Waals surface area (Å²) in [6.07, 6.45) is 1.88. The maximum Gasteiger partial charge on any atom is 0.255 e. The Morgan fingerprint density at radius 3 is 2.00 bits per heavy atom. The quantitative estimate of drug-likeness (QED) is 0.231. The van der Waals surface area contributed by atoms with Gasteiger partial charge < -0.3 is 20.3 Å². The fourth-order valence-electron chi connectivity index (χ4n) is 6.28. The van der Waals surface area contributed by atoms with Crippen LogP contribution in [0.4, 0.5) is 11.4 Å². The van der Waals surface area contributed by atoms with E-state index >= 15 is 0 Å². The molecule has 1 amide bonds. The molecular formula is C35H36N4O2. The number of aliphatic imine (C=N–C) groups is 1. The van der Waals surface area contributed by atoms with Crippen molar-refractivity contribution in [1.29, 1.82) is 0 Å². The molecular weight excluding hydrogens is 508 g/mol. The van der Waals surface area contributed by atoms with Gasteiger partial charge in [-0.15, -0.1) is 0 Å². The van der Waals surface area contributed by atoms with Gasteiger partial charge in [0.05, 0.1) is 6.54 Å². The van der Waals surface area contributed by atoms with E-state index in [1.54, 1.807) is 0 Å². The van der Waals surface area contributed by atoms with Gasteiger partial charge in [-0.05, 0) is 68.1 Å². The Labute approximate surface area is 242 Å². The van der Waals surface area contributed by atoms with E-state index in [1.165, 1.54) is 0 Å². The van der Waals surface area contributed by atoms with E-state index in [1.807, 2.05) is 59.6 Å². The number of carbonyl (C=O) groups excluding carboxylic acids is 1. The van der Waals surface area contributed by atoms with Crippen molar-refractivity contribution in [2.45, 2.75) is 33.2 Å². The molecule has 0 bridgehead atoms. The highest BCUT2D eigenvalue weighted by atomic mass is 16.5. The lowest BCUT2D eigenvalue weighted by molar-refractivity contribution is 0.0673. The number of ether oxygens (including phenoxy) is 1. The zero-order chi connectivity index (χ0) is 28.6. The van der Waals surface area contributed by atoms with Crippen LogP contribution >= 0.6 is 0 Å². The van der Waals surface area contributed by atoms with E-state index in [4.69, 9.17) is 9.73 Å². The van der Waals surface area contributed by atoms with E-state index in [0.29, 0.717) is 13.1 Å². The van der Waals surface area contributed by atoms with Crippen LogP contribution in [-0.4, -0.2) is 43.2 Å². The van der Waals surface area contributed by atoms with Crippen molar-refractivity contribution in [3.63, 3.8) is 0 Å². The molecule has 1 spiro atoms. The lowest BCUT2D eigenvalue weighted by Crippen LogP contribution is -2.48. The van der Waals surface area contributed by atoms with Crippen LogP contribution in [0.2, 0.25) is 0 Å². The topological polar surface area (TPSA) is 66.0 Å². The van der Waals surface area contributed by atoms with E-state index in [9.17, 15) is 4.79 Å². The third-order valence-corrected chi connectivity index (χ3v) is 8.08. The van der Waals surface area contributed by atoms with Crippen LogP contribution in [0, 0.1) is 13.8 Å². The monoisotopic (exact) mass is 544 g/mol. The van der Waals surface area contributed by atoms with E-state index in [-0.39, 0.29) is 5.91 Å². The zero-order valence-electron chi connectivity index (χ0n) is 24.1. The van der Waals surface area contributed by atoms with Gasteiger partial charge in [0.15, 0.2) is 0 Å². The van der Waals surface area contributed by atoms with Gasteiger partial charge in [0, 0.05) is 66.0 Å². The van der Waals surface area contributed by atoms with Crippen molar-refractivity contribution in [3.05, 3.63) is 118 Å². The van der Waals surface area contributed by atoms with Crippen LogP contribution in [0.5, 0.6) is 11.5 Å². The third-order valence-electron chi connectivity index (χ3n) is 8.08. The predicted octanol–water partition coefficient (Wildman–Crippen LogP) is 7.14. The summed E-state index contributed by atoms with van der Waals surface area (Å²) in [6, 6.07) is 26.6. The summed E-state index contributed by atoms with van der Waals surface area (Å²) in [5.41, 5.74) is 8.13. The number of benzene rings is 4. The van der Waals surface area contributed by atoms with Crippen LogP contribution in [0.25, 0.3) is 0 Å². The summed E-state index contributed by atoms with van der Waals surface area (Å²) in [6.45, 7) is 10.9. The van der Waals surface area contributed by atoms with Gasteiger partial charge >= 0.3 is 0 Å². The minimum Gasteiger partial charge on any atom is -0.456 e. The number of hydrogen-bond acceptors (Lipinski definition) is 5. The van der Waals surface area contributed by atoms with Gasteiger partial charge in [-0.1, -0.05) is 48.5 Å². The van der Waals surface area contributed by atoms with Crippen molar-refractivity contribution in [2.24, 2.45) is 4.99 Å². The average Bonchev–Trinajstić information content (AvgIpc) is 3.22. The number of fused-ring (bicyclic) bond motifs is 6. The summed E-state index contributed by atoms with van der Waals surface area (Å²) < 4.78 is 6.68. The predicted molar refractivity (Wildman–Crippen MR) is 167 cm³/mol. The second-order valence-corrected chi connectivity index (χ2v) is 10.6. The molecule has 2 aliphatic heterocycles. The average molecular weight is 545 g/mol. The number of amides is 1. The number of hydrogen-bond donors (Lipinski definition) is 2. The minimum atomic E-state index is -0.843. The Balaban J connectivity index is 1.56. The second-order valence-electron chi connectivity index (χ2n) is 10.6. The molecule has 6 rings (SSSR count). The van der Waals surface area contributed by atoms with Gasteiger partial charge in [-0.3, -0.25) is 9.79 Å². The number of aryl methyl sites for hydroxylation is 2. The molecule has 0 saturated carbocycles. The summed E-state index contributed by atoms with van der Waals surface area (Å²) in [5, 5.41) is 6.95. The molecule has 0 saturated heterocycles. The fraction of sp³-hybridized carbons (Fsp3) is 0.257. The molecule has 6 nitrogen and oxygen atoms in total. The molecule has 2 heterocycles. The maximum atomic E-state index is 14.3. The number of nitrogens with one attached hydrogen (secondary N) is 2. The highest BCUT2D eigenvalue weighted by molar-refractivity contribution is 6.02. The number of nitrogens with zero attached hydrogens (tertiary/aromatic N) is 2. The molecule has 2 N–H and O–H groups in total. The lowest BCUT2D eigenvalue weighted by atomic mass is 9.73. The van der Waals surface area contributed by atoms with Crippen molar-refractivity contribution >= 4 is 23.5 Å². The Hall–Kier alpha value is -4.58. The Kier molecular flexibility index (Phi) is 7.00. The number of rotatable bonds is 8. The normalized spacial score (nSPS) is 14.5. The molecule has 208 valence electrons. The van der Waals surface area contributed by atoms with Crippen molar-refractivity contribution in [2.75, 3.05) is 36.8 Å². The van der Waals surface area contributed by atoms with Gasteiger partial charge in [-0.2, -0.15) is 0 Å². The molecule has 0 aromatic heterocycles. The maximum absolute atomic E-state index is 14.3. The summed E-state index contributed by atoms with van der Waals surface area (Å²) in [4.78, 5) is 21.0. The summed E-state index contributed by atoms with van der Waals surface area (Å²) in [7, 11) is 0.